The molecule has 0 aliphatic heterocycles. The lowest BCUT2D eigenvalue weighted by molar-refractivity contribution is -0.117. The molecule has 0 heterocycles. The van der Waals surface area contributed by atoms with Gasteiger partial charge in [0.2, 0.25) is 5.91 Å². The van der Waals surface area contributed by atoms with Crippen molar-refractivity contribution in [2.45, 2.75) is 10.3 Å². The van der Waals surface area contributed by atoms with Crippen LogP contribution in [0, 0.1) is 29.2 Å². The molecule has 2 N–H and O–H groups in total. The summed E-state index contributed by atoms with van der Waals surface area (Å²) >= 11 is 24.1. The van der Waals surface area contributed by atoms with Gasteiger partial charge in [0.05, 0.1) is 22.2 Å². The van der Waals surface area contributed by atoms with Crippen molar-refractivity contribution in [2.75, 3.05) is 10.6 Å². The monoisotopic (exact) mass is 564 g/mol. The van der Waals surface area contributed by atoms with E-state index in [1.165, 1.54) is 18.2 Å². The third kappa shape index (κ3) is 4.93. The minimum atomic E-state index is -1.70. The molecule has 4 nitrogen and oxygen atoms in total. The second kappa shape index (κ2) is 9.50. The molecular weight excluding hydrogens is 554 g/mol. The Bertz CT molecular complexity index is 1370. The normalized spacial score (nSPS) is 18.2. The number of hydrogen-bond acceptors (Lipinski definition) is 2. The molecule has 1 aliphatic carbocycles. The summed E-state index contributed by atoms with van der Waals surface area (Å²) in [6.07, 6.45) is 0. The Morgan fingerprint density at radius 1 is 0.857 bits per heavy atom. The molecule has 182 valence electrons. The number of carbonyl (C=O) groups excluding carboxylic acids is 2. The number of amides is 2. The molecule has 1 aliphatic rings. The van der Waals surface area contributed by atoms with Gasteiger partial charge in [-0.15, -0.1) is 23.2 Å². The van der Waals surface area contributed by atoms with Crippen molar-refractivity contribution >= 4 is 69.6 Å². The molecule has 0 bridgehead atoms. The van der Waals surface area contributed by atoms with Gasteiger partial charge in [0, 0.05) is 17.7 Å². The summed E-state index contributed by atoms with van der Waals surface area (Å²) in [6.45, 7) is 0. The Morgan fingerprint density at radius 2 is 1.57 bits per heavy atom. The third-order valence-electron chi connectivity index (χ3n) is 5.39. The number of halogens is 8. The Kier molecular flexibility index (Phi) is 6.94. The van der Waals surface area contributed by atoms with Crippen molar-refractivity contribution in [1.82, 2.24) is 0 Å². The van der Waals surface area contributed by atoms with Crippen LogP contribution < -0.4 is 10.6 Å². The number of anilines is 2. The Morgan fingerprint density at radius 3 is 2.26 bits per heavy atom. The summed E-state index contributed by atoms with van der Waals surface area (Å²) in [4.78, 5) is 25.4. The highest BCUT2D eigenvalue weighted by Gasteiger charge is 2.68. The van der Waals surface area contributed by atoms with Crippen LogP contribution in [0.4, 0.5) is 28.9 Å². The van der Waals surface area contributed by atoms with E-state index >= 15 is 0 Å². The van der Waals surface area contributed by atoms with E-state index in [1.807, 2.05) is 0 Å². The first-order valence-corrected chi connectivity index (χ1v) is 11.3. The highest BCUT2D eigenvalue weighted by atomic mass is 35.5. The molecule has 0 aromatic heterocycles. The maximum absolute atomic E-state index is 14.4. The van der Waals surface area contributed by atoms with E-state index in [2.05, 4.69) is 10.6 Å². The van der Waals surface area contributed by atoms with Gasteiger partial charge in [-0.25, -0.2) is 17.6 Å². The van der Waals surface area contributed by atoms with Gasteiger partial charge >= 0.3 is 0 Å². The minimum Gasteiger partial charge on any atom is -0.326 e. The topological polar surface area (TPSA) is 58.2 Å². The quantitative estimate of drug-likeness (QED) is 0.193. The van der Waals surface area contributed by atoms with Crippen LogP contribution in [0.15, 0.2) is 48.5 Å². The maximum Gasteiger partial charge on any atom is 0.257 e. The highest BCUT2D eigenvalue weighted by molar-refractivity contribution is 6.53. The van der Waals surface area contributed by atoms with Crippen LogP contribution in [0.3, 0.4) is 0 Å². The highest BCUT2D eigenvalue weighted by Crippen LogP contribution is 2.65. The fourth-order valence-corrected chi connectivity index (χ4v) is 4.79. The lowest BCUT2D eigenvalue weighted by Gasteiger charge is -2.11. The first-order valence-electron chi connectivity index (χ1n) is 9.79. The first-order chi connectivity index (χ1) is 16.4. The fraction of sp³-hybridized carbons (Fsp3) is 0.130. The molecule has 0 unspecified atom stereocenters. The van der Waals surface area contributed by atoms with Crippen molar-refractivity contribution in [3.05, 3.63) is 93.0 Å². The average Bonchev–Trinajstić information content (AvgIpc) is 3.36. The van der Waals surface area contributed by atoms with Crippen molar-refractivity contribution in [3.63, 3.8) is 0 Å². The van der Waals surface area contributed by atoms with Gasteiger partial charge in [-0.2, -0.15) is 0 Å². The van der Waals surface area contributed by atoms with E-state index in [0.717, 1.165) is 24.3 Å². The number of rotatable bonds is 5. The van der Waals surface area contributed by atoms with Crippen LogP contribution in [-0.2, 0) is 4.79 Å². The Hall–Kier alpha value is -2.52. The van der Waals surface area contributed by atoms with Crippen molar-refractivity contribution < 1.29 is 27.2 Å². The Labute approximate surface area is 216 Å². The van der Waals surface area contributed by atoms with Crippen molar-refractivity contribution in [1.29, 1.82) is 0 Å². The van der Waals surface area contributed by atoms with E-state index in [0.29, 0.717) is 6.07 Å². The van der Waals surface area contributed by atoms with Crippen LogP contribution in [0.2, 0.25) is 10.0 Å². The predicted octanol–water partition coefficient (Wildman–Crippen LogP) is 7.33. The van der Waals surface area contributed by atoms with E-state index in [9.17, 15) is 27.2 Å². The van der Waals surface area contributed by atoms with Crippen LogP contribution in [0.5, 0.6) is 0 Å². The van der Waals surface area contributed by atoms with Gasteiger partial charge < -0.3 is 10.6 Å². The van der Waals surface area contributed by atoms with Gasteiger partial charge in [0.1, 0.15) is 32.6 Å². The van der Waals surface area contributed by atoms with Gasteiger partial charge in [0.25, 0.3) is 5.91 Å². The maximum atomic E-state index is 14.4. The predicted molar refractivity (Wildman–Crippen MR) is 126 cm³/mol. The number of hydrogen-bond donors (Lipinski definition) is 2. The smallest absolute Gasteiger partial charge is 0.257 e. The molecule has 0 spiro atoms. The SMILES string of the molecule is O=C(Nc1ccc(F)cc1F)c1cc(NC(=O)[C@H]2[C@H](c3ccc(F)c(Cl)c3F)C2(Cl)Cl)ccc1Cl. The molecule has 1 saturated carbocycles. The first kappa shape index (κ1) is 25.6. The summed E-state index contributed by atoms with van der Waals surface area (Å²) < 4.78 is 53.2. The largest absolute Gasteiger partial charge is 0.326 e. The van der Waals surface area contributed by atoms with Crippen LogP contribution in [0.1, 0.15) is 21.8 Å². The molecule has 0 radical (unpaired) electrons. The zero-order chi connectivity index (χ0) is 25.7. The third-order valence-corrected chi connectivity index (χ3v) is 7.01. The zero-order valence-electron chi connectivity index (χ0n) is 17.1. The van der Waals surface area contributed by atoms with Gasteiger partial charge in [-0.3, -0.25) is 9.59 Å². The molecule has 3 aromatic rings. The van der Waals surface area contributed by atoms with E-state index < -0.39 is 56.3 Å². The zero-order valence-corrected chi connectivity index (χ0v) is 20.1. The second-order valence-corrected chi connectivity index (χ2v) is 9.89. The fourth-order valence-electron chi connectivity index (χ4n) is 3.60. The van der Waals surface area contributed by atoms with E-state index in [4.69, 9.17) is 46.4 Å². The molecule has 2 atom stereocenters. The summed E-state index contributed by atoms with van der Waals surface area (Å²) in [6, 6.07) is 8.55. The standard InChI is InChI=1S/C23H12Cl4F4N2O2/c24-13-4-2-10(8-12(13)21(34)33-16-6-1-9(28)7-15(16)30)32-22(35)18-17(23(18,26)27)11-3-5-14(29)19(25)20(11)31/h1-8,17-18H,(H,32,35)(H,33,34)/t17-,18+/m0/s1. The molecule has 0 saturated heterocycles. The van der Waals surface area contributed by atoms with Crippen LogP contribution in [0.25, 0.3) is 0 Å². The molecule has 2 amide bonds. The molecule has 1 fully saturated rings. The number of alkyl halides is 2. The van der Waals surface area contributed by atoms with Crippen molar-refractivity contribution in [2.24, 2.45) is 5.92 Å². The molecular formula is C23H12Cl4F4N2O2. The van der Waals surface area contributed by atoms with Gasteiger partial charge in [-0.05, 0) is 42.0 Å². The average molecular weight is 566 g/mol. The van der Waals surface area contributed by atoms with Crippen LogP contribution >= 0.6 is 46.4 Å². The lowest BCUT2D eigenvalue weighted by atomic mass is 10.1. The summed E-state index contributed by atoms with van der Waals surface area (Å²) in [5.41, 5.74) is -0.424. The molecule has 4 rings (SSSR count). The molecule has 35 heavy (non-hydrogen) atoms. The summed E-state index contributed by atoms with van der Waals surface area (Å²) in [5, 5.41) is 4.01. The number of nitrogens with one attached hydrogen (secondary N) is 2. The van der Waals surface area contributed by atoms with Crippen LogP contribution in [-0.4, -0.2) is 16.1 Å². The van der Waals surface area contributed by atoms with E-state index in [-0.39, 0.29) is 27.5 Å². The molecule has 12 heteroatoms. The van der Waals surface area contributed by atoms with Gasteiger partial charge in [-0.1, -0.05) is 29.3 Å². The lowest BCUT2D eigenvalue weighted by Crippen LogP contribution is -2.18. The number of benzene rings is 3. The van der Waals surface area contributed by atoms with Gasteiger partial charge in [0.15, 0.2) is 0 Å². The minimum absolute atomic E-state index is 0.0145. The summed E-state index contributed by atoms with van der Waals surface area (Å²) in [7, 11) is 0. The van der Waals surface area contributed by atoms with E-state index in [1.54, 1.807) is 0 Å². The second-order valence-electron chi connectivity index (χ2n) is 7.66. The molecule has 3 aromatic carbocycles. The Balaban J connectivity index is 1.53. The number of carbonyl (C=O) groups is 2. The van der Waals surface area contributed by atoms with Crippen molar-refractivity contribution in [3.8, 4) is 0 Å². The summed E-state index contributed by atoms with van der Waals surface area (Å²) in [5.74, 6) is -7.53.